The Morgan fingerprint density at radius 2 is 1.68 bits per heavy atom. The highest BCUT2D eigenvalue weighted by atomic mass is 19.1. The molecule has 4 nitrogen and oxygen atoms in total. The van der Waals surface area contributed by atoms with Crippen LogP contribution in [0.3, 0.4) is 0 Å². The van der Waals surface area contributed by atoms with Gasteiger partial charge in [0.05, 0.1) is 5.52 Å². The smallest absolute Gasteiger partial charge is 0.267 e. The number of benzene rings is 3. The van der Waals surface area contributed by atoms with Gasteiger partial charge < -0.3 is 15.3 Å². The van der Waals surface area contributed by atoms with E-state index in [4.69, 9.17) is 0 Å². The van der Waals surface area contributed by atoms with E-state index in [-0.39, 0.29) is 5.91 Å². The fraction of sp³-hybridized carbons (Fsp3) is 0.179. The lowest BCUT2D eigenvalue weighted by molar-refractivity contribution is 0.0950. The molecule has 0 saturated heterocycles. The molecular weight excluding hydrogens is 432 g/mol. The molecule has 172 valence electrons. The Morgan fingerprint density at radius 1 is 0.882 bits per heavy atom. The largest absolute Gasteiger partial charge is 0.356 e. The number of rotatable bonds is 7. The summed E-state index contributed by atoms with van der Waals surface area (Å²) >= 11 is 0. The molecule has 0 fully saturated rings. The zero-order chi connectivity index (χ0) is 23.7. The molecule has 0 bridgehead atoms. The number of fused-ring (bicyclic) bond motifs is 2. The van der Waals surface area contributed by atoms with Crippen LogP contribution in [-0.2, 0) is 19.3 Å². The highest BCUT2D eigenvalue weighted by molar-refractivity contribution is 5.98. The molecule has 0 atom stereocenters. The lowest BCUT2D eigenvalue weighted by Gasteiger charge is -2.05. The number of aryl methyl sites for hydroxylation is 3. The second-order valence-electron chi connectivity index (χ2n) is 8.63. The molecule has 5 rings (SSSR count). The number of H-pyrrole nitrogens is 2. The molecule has 2 heterocycles. The van der Waals surface area contributed by atoms with Crippen molar-refractivity contribution in [1.29, 1.82) is 0 Å². The zero-order valence-corrected chi connectivity index (χ0v) is 18.8. The molecule has 3 N–H and O–H groups in total. The molecule has 3 aromatic carbocycles. The Morgan fingerprint density at radius 3 is 2.50 bits per heavy atom. The molecule has 1 amide bonds. The molecule has 0 radical (unpaired) electrons. The maximum Gasteiger partial charge on any atom is 0.267 e. The first-order chi connectivity index (χ1) is 16.5. The first kappa shape index (κ1) is 21.9. The third-order valence-corrected chi connectivity index (χ3v) is 6.28. The number of hydrogen-bond donors (Lipinski definition) is 3. The predicted molar refractivity (Wildman–Crippen MR) is 131 cm³/mol. The van der Waals surface area contributed by atoms with Crippen LogP contribution in [0.5, 0.6) is 0 Å². The van der Waals surface area contributed by atoms with Crippen molar-refractivity contribution in [3.05, 3.63) is 106 Å². The normalized spacial score (nSPS) is 11.4. The molecule has 0 spiro atoms. The van der Waals surface area contributed by atoms with Gasteiger partial charge in [0.1, 0.15) is 17.3 Å². The van der Waals surface area contributed by atoms with Crippen molar-refractivity contribution in [3.63, 3.8) is 0 Å². The van der Waals surface area contributed by atoms with Crippen LogP contribution in [0.1, 0.15) is 32.9 Å². The number of aromatic amines is 2. The van der Waals surface area contributed by atoms with Gasteiger partial charge in [-0.15, -0.1) is 0 Å². The second-order valence-corrected chi connectivity index (χ2v) is 8.63. The highest BCUT2D eigenvalue weighted by Gasteiger charge is 2.15. The number of amides is 1. The van der Waals surface area contributed by atoms with Crippen molar-refractivity contribution in [1.82, 2.24) is 15.3 Å². The molecule has 2 aromatic heterocycles. The van der Waals surface area contributed by atoms with Crippen LogP contribution in [0.2, 0.25) is 0 Å². The quantitative estimate of drug-likeness (QED) is 0.276. The Kier molecular flexibility index (Phi) is 5.88. The minimum Gasteiger partial charge on any atom is -0.356 e. The van der Waals surface area contributed by atoms with E-state index < -0.39 is 11.6 Å². The topological polar surface area (TPSA) is 60.7 Å². The second kappa shape index (κ2) is 9.14. The van der Waals surface area contributed by atoms with Crippen LogP contribution >= 0.6 is 0 Å². The van der Waals surface area contributed by atoms with E-state index in [1.165, 1.54) is 17.2 Å². The lowest BCUT2D eigenvalue weighted by Crippen LogP contribution is -2.26. The van der Waals surface area contributed by atoms with E-state index in [0.717, 1.165) is 41.1 Å². The molecular formula is C28H25F2N3O. The van der Waals surface area contributed by atoms with E-state index >= 15 is 0 Å². The summed E-state index contributed by atoms with van der Waals surface area (Å²) < 4.78 is 27.7. The van der Waals surface area contributed by atoms with E-state index in [0.29, 0.717) is 29.6 Å². The maximum absolute atomic E-state index is 14.0. The number of hydrogen-bond acceptors (Lipinski definition) is 1. The van der Waals surface area contributed by atoms with Gasteiger partial charge in [-0.1, -0.05) is 42.5 Å². The number of nitrogens with one attached hydrogen (secondary N) is 3. The van der Waals surface area contributed by atoms with Gasteiger partial charge in [-0.25, -0.2) is 8.78 Å². The molecule has 0 aliphatic carbocycles. The first-order valence-electron chi connectivity index (χ1n) is 11.4. The summed E-state index contributed by atoms with van der Waals surface area (Å²) in [4.78, 5) is 18.9. The number of carbonyl (C=O) groups is 1. The molecule has 0 aliphatic heterocycles. The average Bonchev–Trinajstić information content (AvgIpc) is 3.39. The standard InChI is InChI=1S/C28H25F2N3O/c1-17-22(23-15-21(29)16-24(30)27(23)32-17)11-12-31-28(34)26-14-20-10-9-19(13-25(20)33-26)8-7-18-5-3-2-4-6-18/h2-6,9-10,13-16,32-33H,7-8,11-12H2,1H3,(H,31,34). The third-order valence-electron chi connectivity index (χ3n) is 6.28. The molecule has 0 aliphatic rings. The van der Waals surface area contributed by atoms with Gasteiger partial charge in [-0.3, -0.25) is 4.79 Å². The van der Waals surface area contributed by atoms with Gasteiger partial charge in [-0.2, -0.15) is 0 Å². The predicted octanol–water partition coefficient (Wildman–Crippen LogP) is 5.99. The van der Waals surface area contributed by atoms with E-state index in [1.54, 1.807) is 0 Å². The van der Waals surface area contributed by atoms with Crippen molar-refractivity contribution in [2.24, 2.45) is 0 Å². The van der Waals surface area contributed by atoms with Crippen molar-refractivity contribution < 1.29 is 13.6 Å². The highest BCUT2D eigenvalue weighted by Crippen LogP contribution is 2.26. The number of halogens is 2. The van der Waals surface area contributed by atoms with Gasteiger partial charge >= 0.3 is 0 Å². The Labute approximate surface area is 196 Å². The van der Waals surface area contributed by atoms with Gasteiger partial charge in [0, 0.05) is 34.6 Å². The zero-order valence-electron chi connectivity index (χ0n) is 18.8. The summed E-state index contributed by atoms with van der Waals surface area (Å²) in [5.74, 6) is -1.44. The summed E-state index contributed by atoms with van der Waals surface area (Å²) in [5.41, 5.74) is 5.77. The Bertz CT molecular complexity index is 1480. The maximum atomic E-state index is 14.0. The minimum absolute atomic E-state index is 0.211. The van der Waals surface area contributed by atoms with Crippen molar-refractivity contribution in [3.8, 4) is 0 Å². The molecule has 5 aromatic rings. The number of carbonyl (C=O) groups excluding carboxylic acids is 1. The summed E-state index contributed by atoms with van der Waals surface area (Å²) in [6.07, 6.45) is 2.34. The SMILES string of the molecule is Cc1[nH]c2c(F)cc(F)cc2c1CCNC(=O)c1cc2ccc(CCc3ccccc3)cc2[nH]1. The van der Waals surface area contributed by atoms with Crippen molar-refractivity contribution >= 4 is 27.7 Å². The summed E-state index contributed by atoms with van der Waals surface area (Å²) in [6.45, 7) is 2.17. The van der Waals surface area contributed by atoms with E-state index in [2.05, 4.69) is 39.6 Å². The van der Waals surface area contributed by atoms with Gasteiger partial charge in [0.2, 0.25) is 0 Å². The summed E-state index contributed by atoms with van der Waals surface area (Å²) in [6, 6.07) is 20.6. The molecule has 0 unspecified atom stereocenters. The van der Waals surface area contributed by atoms with Crippen LogP contribution < -0.4 is 5.32 Å². The van der Waals surface area contributed by atoms with Crippen LogP contribution in [0.25, 0.3) is 21.8 Å². The van der Waals surface area contributed by atoms with Crippen LogP contribution in [0.4, 0.5) is 8.78 Å². The van der Waals surface area contributed by atoms with Gasteiger partial charge in [0.15, 0.2) is 0 Å². The minimum atomic E-state index is -0.616. The van der Waals surface area contributed by atoms with Crippen molar-refractivity contribution in [2.45, 2.75) is 26.2 Å². The first-order valence-corrected chi connectivity index (χ1v) is 11.4. The Hall–Kier alpha value is -3.93. The Balaban J connectivity index is 1.24. The molecule has 0 saturated carbocycles. The fourth-order valence-corrected chi connectivity index (χ4v) is 4.51. The summed E-state index contributed by atoms with van der Waals surface area (Å²) in [7, 11) is 0. The van der Waals surface area contributed by atoms with Gasteiger partial charge in [0.25, 0.3) is 5.91 Å². The van der Waals surface area contributed by atoms with Crippen LogP contribution in [0.15, 0.2) is 66.7 Å². The molecule has 34 heavy (non-hydrogen) atoms. The van der Waals surface area contributed by atoms with Crippen LogP contribution in [0, 0.1) is 18.6 Å². The fourth-order valence-electron chi connectivity index (χ4n) is 4.51. The van der Waals surface area contributed by atoms with E-state index in [9.17, 15) is 13.6 Å². The third kappa shape index (κ3) is 4.44. The van der Waals surface area contributed by atoms with Crippen LogP contribution in [-0.4, -0.2) is 22.4 Å². The van der Waals surface area contributed by atoms with E-state index in [1.807, 2.05) is 37.3 Å². The average molecular weight is 458 g/mol. The summed E-state index contributed by atoms with van der Waals surface area (Å²) in [5, 5.41) is 4.40. The number of aromatic nitrogens is 2. The monoisotopic (exact) mass is 457 g/mol. The molecule has 6 heteroatoms. The van der Waals surface area contributed by atoms with Gasteiger partial charge in [-0.05, 0) is 61.1 Å². The van der Waals surface area contributed by atoms with Crippen molar-refractivity contribution in [2.75, 3.05) is 6.54 Å². The lowest BCUT2D eigenvalue weighted by atomic mass is 10.0.